The standard InChI is InChI=1S/C23H28N2O7/c1-6-12-30-14-24-15(4)19(22(26)31-7-2)21(20(16(24)5)23(27)32-8-3)17-10-9-11-18(13-17)25(28)29/h6,9-11,13,21H,1,7-8,12,14H2,2-5H3. The zero-order valence-electron chi connectivity index (χ0n) is 18.8. The van der Waals surface area contributed by atoms with Crippen LogP contribution in [0.3, 0.4) is 0 Å². The Morgan fingerprint density at radius 3 is 2.16 bits per heavy atom. The second kappa shape index (κ2) is 11.2. The van der Waals surface area contributed by atoms with Crippen LogP contribution in [0, 0.1) is 10.1 Å². The molecule has 1 aromatic carbocycles. The molecule has 0 fully saturated rings. The molecule has 0 saturated heterocycles. The van der Waals surface area contributed by atoms with Crippen LogP contribution in [0.5, 0.6) is 0 Å². The minimum Gasteiger partial charge on any atom is -0.463 e. The molecular weight excluding hydrogens is 416 g/mol. The second-order valence-corrected chi connectivity index (χ2v) is 6.94. The number of hydrogen-bond acceptors (Lipinski definition) is 8. The number of benzene rings is 1. The summed E-state index contributed by atoms with van der Waals surface area (Å²) < 4.78 is 16.2. The van der Waals surface area contributed by atoms with Gasteiger partial charge in [-0.05, 0) is 33.3 Å². The zero-order chi connectivity index (χ0) is 23.8. The number of nitro benzene ring substituents is 1. The highest BCUT2D eigenvalue weighted by atomic mass is 16.6. The Bertz CT molecular complexity index is 923. The maximum Gasteiger partial charge on any atom is 0.336 e. The minimum atomic E-state index is -0.899. The lowest BCUT2D eigenvalue weighted by atomic mass is 9.79. The van der Waals surface area contributed by atoms with E-state index in [1.165, 1.54) is 18.2 Å². The van der Waals surface area contributed by atoms with E-state index in [1.54, 1.807) is 44.7 Å². The molecule has 0 saturated carbocycles. The number of carbonyl (C=O) groups excluding carboxylic acids is 2. The Balaban J connectivity index is 2.76. The van der Waals surface area contributed by atoms with Gasteiger partial charge in [0, 0.05) is 23.5 Å². The highest BCUT2D eigenvalue weighted by molar-refractivity contribution is 6.00. The fraction of sp³-hybridized carbons (Fsp3) is 0.391. The molecule has 0 atom stereocenters. The number of hydrogen-bond donors (Lipinski definition) is 0. The molecule has 32 heavy (non-hydrogen) atoms. The van der Waals surface area contributed by atoms with Gasteiger partial charge in [0.25, 0.3) is 5.69 Å². The molecule has 9 heteroatoms. The van der Waals surface area contributed by atoms with Crippen LogP contribution in [0.25, 0.3) is 0 Å². The number of non-ortho nitro benzene ring substituents is 1. The molecule has 0 bridgehead atoms. The Kier molecular flexibility index (Phi) is 8.71. The van der Waals surface area contributed by atoms with Crippen molar-refractivity contribution in [1.82, 2.24) is 4.90 Å². The van der Waals surface area contributed by atoms with Crippen molar-refractivity contribution in [1.29, 1.82) is 0 Å². The summed E-state index contributed by atoms with van der Waals surface area (Å²) in [6.07, 6.45) is 1.59. The predicted octanol–water partition coefficient (Wildman–Crippen LogP) is 3.83. The van der Waals surface area contributed by atoms with Crippen molar-refractivity contribution in [3.05, 3.63) is 75.1 Å². The van der Waals surface area contributed by atoms with Gasteiger partial charge in [0.15, 0.2) is 0 Å². The largest absolute Gasteiger partial charge is 0.463 e. The fourth-order valence-electron chi connectivity index (χ4n) is 3.63. The van der Waals surface area contributed by atoms with Crippen molar-refractivity contribution in [2.75, 3.05) is 26.6 Å². The van der Waals surface area contributed by atoms with Crippen LogP contribution in [0.2, 0.25) is 0 Å². The van der Waals surface area contributed by atoms with Gasteiger partial charge in [0.1, 0.15) is 6.73 Å². The van der Waals surface area contributed by atoms with Crippen LogP contribution >= 0.6 is 0 Å². The number of esters is 2. The summed E-state index contributed by atoms with van der Waals surface area (Å²) in [6.45, 7) is 11.0. The monoisotopic (exact) mass is 444 g/mol. The summed E-state index contributed by atoms with van der Waals surface area (Å²) in [5, 5.41) is 11.4. The van der Waals surface area contributed by atoms with E-state index in [0.29, 0.717) is 17.0 Å². The molecule has 1 aromatic rings. The number of allylic oxidation sites excluding steroid dienone is 2. The highest BCUT2D eigenvalue weighted by Crippen LogP contribution is 2.43. The van der Waals surface area contributed by atoms with E-state index < -0.39 is 22.8 Å². The van der Waals surface area contributed by atoms with E-state index in [1.807, 2.05) is 0 Å². The number of nitro groups is 1. The Morgan fingerprint density at radius 2 is 1.69 bits per heavy atom. The molecule has 1 heterocycles. The number of rotatable bonds is 10. The maximum atomic E-state index is 13.0. The molecule has 0 aromatic heterocycles. The van der Waals surface area contributed by atoms with Gasteiger partial charge in [0.2, 0.25) is 0 Å². The van der Waals surface area contributed by atoms with E-state index in [4.69, 9.17) is 14.2 Å². The van der Waals surface area contributed by atoms with Crippen LogP contribution in [0.15, 0.2) is 59.5 Å². The van der Waals surface area contributed by atoms with Crippen LogP contribution in [0.1, 0.15) is 39.2 Å². The third kappa shape index (κ3) is 5.23. The quantitative estimate of drug-likeness (QED) is 0.176. The third-order valence-electron chi connectivity index (χ3n) is 5.03. The minimum absolute atomic E-state index is 0.0666. The Hall–Kier alpha value is -3.46. The van der Waals surface area contributed by atoms with Gasteiger partial charge in [0.05, 0.1) is 41.8 Å². The number of carbonyl (C=O) groups is 2. The molecule has 0 N–H and O–H groups in total. The van der Waals surface area contributed by atoms with Gasteiger partial charge in [-0.15, -0.1) is 6.58 Å². The highest BCUT2D eigenvalue weighted by Gasteiger charge is 2.41. The van der Waals surface area contributed by atoms with Crippen molar-refractivity contribution < 1.29 is 28.7 Å². The van der Waals surface area contributed by atoms with E-state index in [0.717, 1.165) is 0 Å². The average molecular weight is 444 g/mol. The van der Waals surface area contributed by atoms with E-state index in [-0.39, 0.29) is 43.4 Å². The molecule has 1 aliphatic rings. The van der Waals surface area contributed by atoms with E-state index in [9.17, 15) is 19.7 Å². The van der Waals surface area contributed by atoms with Gasteiger partial charge in [-0.2, -0.15) is 0 Å². The van der Waals surface area contributed by atoms with Gasteiger partial charge in [-0.1, -0.05) is 18.2 Å². The third-order valence-corrected chi connectivity index (χ3v) is 5.03. The molecule has 0 radical (unpaired) electrons. The lowest BCUT2D eigenvalue weighted by molar-refractivity contribution is -0.384. The molecule has 172 valence electrons. The molecule has 0 aliphatic carbocycles. The first-order valence-corrected chi connectivity index (χ1v) is 10.2. The Labute approximate surface area is 187 Å². The van der Waals surface area contributed by atoms with Crippen LogP contribution < -0.4 is 0 Å². The van der Waals surface area contributed by atoms with Gasteiger partial charge < -0.3 is 19.1 Å². The molecular formula is C23H28N2O7. The molecule has 0 spiro atoms. The van der Waals surface area contributed by atoms with Crippen molar-refractivity contribution in [2.45, 2.75) is 33.6 Å². The van der Waals surface area contributed by atoms with Crippen molar-refractivity contribution in [3.8, 4) is 0 Å². The first-order chi connectivity index (χ1) is 15.3. The van der Waals surface area contributed by atoms with E-state index >= 15 is 0 Å². The SMILES string of the molecule is C=CCOCN1C(C)=C(C(=O)OCC)C(c2cccc([N+](=O)[O-])c2)C(C(=O)OCC)=C1C. The lowest BCUT2D eigenvalue weighted by Crippen LogP contribution is -2.36. The maximum absolute atomic E-state index is 13.0. The van der Waals surface area contributed by atoms with E-state index in [2.05, 4.69) is 6.58 Å². The summed E-state index contributed by atoms with van der Waals surface area (Å²) in [5.41, 5.74) is 1.70. The Morgan fingerprint density at radius 1 is 1.12 bits per heavy atom. The van der Waals surface area contributed by atoms with Crippen molar-refractivity contribution in [3.63, 3.8) is 0 Å². The zero-order valence-corrected chi connectivity index (χ0v) is 18.8. The molecule has 1 aliphatic heterocycles. The molecule has 2 rings (SSSR count). The summed E-state index contributed by atoms with van der Waals surface area (Å²) in [6, 6.07) is 5.86. The number of ether oxygens (including phenoxy) is 3. The van der Waals surface area contributed by atoms with Crippen molar-refractivity contribution in [2.24, 2.45) is 0 Å². The number of nitrogens with zero attached hydrogens (tertiary/aromatic N) is 2. The van der Waals surface area contributed by atoms with Gasteiger partial charge in [-0.3, -0.25) is 10.1 Å². The summed E-state index contributed by atoms with van der Waals surface area (Å²) in [4.78, 5) is 38.6. The molecule has 0 unspecified atom stereocenters. The van der Waals surface area contributed by atoms with Crippen LogP contribution in [-0.2, 0) is 23.8 Å². The second-order valence-electron chi connectivity index (χ2n) is 6.94. The topological polar surface area (TPSA) is 108 Å². The normalized spacial score (nSPS) is 14.4. The molecule has 9 nitrogen and oxygen atoms in total. The van der Waals surface area contributed by atoms with Crippen LogP contribution in [0.4, 0.5) is 5.69 Å². The van der Waals surface area contributed by atoms with Gasteiger partial charge in [-0.25, -0.2) is 9.59 Å². The van der Waals surface area contributed by atoms with Crippen LogP contribution in [-0.4, -0.2) is 48.3 Å². The summed E-state index contributed by atoms with van der Waals surface area (Å²) in [7, 11) is 0. The first kappa shape index (κ1) is 24.8. The first-order valence-electron chi connectivity index (χ1n) is 10.2. The lowest BCUT2D eigenvalue weighted by Gasteiger charge is -2.37. The molecule has 0 amide bonds. The van der Waals surface area contributed by atoms with Gasteiger partial charge >= 0.3 is 11.9 Å². The predicted molar refractivity (Wildman–Crippen MR) is 117 cm³/mol. The average Bonchev–Trinajstić information content (AvgIpc) is 2.76. The van der Waals surface area contributed by atoms with Crippen molar-refractivity contribution >= 4 is 17.6 Å². The smallest absolute Gasteiger partial charge is 0.336 e. The fourth-order valence-corrected chi connectivity index (χ4v) is 3.63. The summed E-state index contributed by atoms with van der Waals surface area (Å²) in [5.74, 6) is -2.14. The summed E-state index contributed by atoms with van der Waals surface area (Å²) >= 11 is 0.